The van der Waals surface area contributed by atoms with E-state index in [0.717, 1.165) is 21.9 Å². The minimum Gasteiger partial charge on any atom is -0.440 e. The number of allylic oxidation sites excluding steroid dienone is 1. The highest BCUT2D eigenvalue weighted by molar-refractivity contribution is 5.86. The van der Waals surface area contributed by atoms with E-state index in [1.54, 1.807) is 0 Å². The van der Waals surface area contributed by atoms with E-state index in [0.29, 0.717) is 11.3 Å². The lowest BCUT2D eigenvalue weighted by molar-refractivity contribution is 0.394. The third-order valence-electron chi connectivity index (χ3n) is 4.22. The first kappa shape index (κ1) is 13.4. The van der Waals surface area contributed by atoms with E-state index in [1.807, 2.05) is 54.6 Å². The van der Waals surface area contributed by atoms with E-state index < -0.39 is 0 Å². The zero-order valence-corrected chi connectivity index (χ0v) is 12.4. The summed E-state index contributed by atoms with van der Waals surface area (Å²) in [6.07, 6.45) is 0. The van der Waals surface area contributed by atoms with Crippen LogP contribution in [0, 0.1) is 11.3 Å². The van der Waals surface area contributed by atoms with E-state index in [-0.39, 0.29) is 11.8 Å². The minimum atomic E-state index is -0.199. The molecule has 0 unspecified atom stereocenters. The van der Waals surface area contributed by atoms with Crippen LogP contribution >= 0.6 is 0 Å². The van der Waals surface area contributed by atoms with E-state index in [2.05, 4.69) is 18.2 Å². The third-order valence-corrected chi connectivity index (χ3v) is 4.22. The van der Waals surface area contributed by atoms with Crippen molar-refractivity contribution in [3.8, 4) is 11.8 Å². The molecule has 2 N–H and O–H groups in total. The first-order valence-corrected chi connectivity index (χ1v) is 7.43. The largest absolute Gasteiger partial charge is 0.440 e. The van der Waals surface area contributed by atoms with Gasteiger partial charge in [-0.25, -0.2) is 0 Å². The summed E-state index contributed by atoms with van der Waals surface area (Å²) in [5.41, 5.74) is 8.48. The number of fused-ring (bicyclic) bond motifs is 2. The highest BCUT2D eigenvalue weighted by Crippen LogP contribution is 2.43. The fraction of sp³-hybridized carbons (Fsp3) is 0.0500. The molecule has 0 fully saturated rings. The Morgan fingerprint density at radius 3 is 2.26 bits per heavy atom. The number of hydrogen-bond donors (Lipinski definition) is 1. The number of benzene rings is 3. The van der Waals surface area contributed by atoms with Crippen molar-refractivity contribution < 1.29 is 4.74 Å². The lowest BCUT2D eigenvalue weighted by atomic mass is 9.83. The molecule has 3 aromatic rings. The highest BCUT2D eigenvalue weighted by Gasteiger charge is 2.30. The molecule has 0 radical (unpaired) electrons. The summed E-state index contributed by atoms with van der Waals surface area (Å²) in [5, 5.41) is 11.8. The molecule has 0 saturated heterocycles. The predicted octanol–water partition coefficient (Wildman–Crippen LogP) is 4.06. The van der Waals surface area contributed by atoms with Gasteiger partial charge in [0.25, 0.3) is 0 Å². The molecule has 0 spiro atoms. The Balaban J connectivity index is 2.00. The Kier molecular flexibility index (Phi) is 3.03. The van der Waals surface area contributed by atoms with Gasteiger partial charge in [-0.3, -0.25) is 0 Å². The van der Waals surface area contributed by atoms with Gasteiger partial charge < -0.3 is 10.5 Å². The van der Waals surface area contributed by atoms with Crippen LogP contribution < -0.4 is 10.5 Å². The Morgan fingerprint density at radius 1 is 0.913 bits per heavy atom. The quantitative estimate of drug-likeness (QED) is 0.737. The van der Waals surface area contributed by atoms with Crippen LogP contribution in [-0.4, -0.2) is 0 Å². The number of nitrogens with two attached hydrogens (primary N) is 1. The maximum absolute atomic E-state index is 9.56. The Morgan fingerprint density at radius 2 is 1.57 bits per heavy atom. The molecule has 0 aromatic heterocycles. The van der Waals surface area contributed by atoms with Gasteiger partial charge in [0, 0.05) is 5.56 Å². The number of ether oxygens (including phenoxy) is 1. The van der Waals surface area contributed by atoms with E-state index >= 15 is 0 Å². The van der Waals surface area contributed by atoms with Crippen LogP contribution in [0.25, 0.3) is 10.8 Å². The summed E-state index contributed by atoms with van der Waals surface area (Å²) in [4.78, 5) is 0. The summed E-state index contributed by atoms with van der Waals surface area (Å²) in [7, 11) is 0. The molecule has 1 heterocycles. The van der Waals surface area contributed by atoms with Crippen molar-refractivity contribution in [1.29, 1.82) is 5.26 Å². The Labute approximate surface area is 134 Å². The molecule has 1 atom stereocenters. The van der Waals surface area contributed by atoms with Gasteiger partial charge in [-0.2, -0.15) is 5.26 Å². The predicted molar refractivity (Wildman–Crippen MR) is 89.7 cm³/mol. The monoisotopic (exact) mass is 298 g/mol. The van der Waals surface area contributed by atoms with Crippen molar-refractivity contribution in [2.45, 2.75) is 5.92 Å². The van der Waals surface area contributed by atoms with Gasteiger partial charge in [0.15, 0.2) is 0 Å². The molecule has 4 rings (SSSR count). The van der Waals surface area contributed by atoms with Crippen LogP contribution in [-0.2, 0) is 0 Å². The van der Waals surface area contributed by atoms with Gasteiger partial charge in [-0.1, -0.05) is 54.6 Å². The lowest BCUT2D eigenvalue weighted by Gasteiger charge is -2.27. The highest BCUT2D eigenvalue weighted by atomic mass is 16.5. The van der Waals surface area contributed by atoms with E-state index in [4.69, 9.17) is 10.5 Å². The summed E-state index contributed by atoms with van der Waals surface area (Å²) >= 11 is 0. The average molecular weight is 298 g/mol. The van der Waals surface area contributed by atoms with Gasteiger partial charge in [-0.15, -0.1) is 0 Å². The summed E-state index contributed by atoms with van der Waals surface area (Å²) < 4.78 is 5.73. The summed E-state index contributed by atoms with van der Waals surface area (Å²) in [5.74, 6) is 0.702. The molecule has 0 aliphatic carbocycles. The zero-order chi connectivity index (χ0) is 15.8. The van der Waals surface area contributed by atoms with Crippen LogP contribution in [0.1, 0.15) is 17.0 Å². The second-order valence-corrected chi connectivity index (χ2v) is 5.57. The number of rotatable bonds is 1. The SMILES string of the molecule is N#CC1=C(N)Oc2cc3ccccc3cc2[C@H]1c1ccccc1. The molecule has 110 valence electrons. The minimum absolute atomic E-state index is 0.184. The van der Waals surface area contributed by atoms with E-state index in [9.17, 15) is 5.26 Å². The smallest absolute Gasteiger partial charge is 0.205 e. The molecular weight excluding hydrogens is 284 g/mol. The van der Waals surface area contributed by atoms with Crippen molar-refractivity contribution in [3.05, 3.63) is 89.3 Å². The zero-order valence-electron chi connectivity index (χ0n) is 12.4. The second-order valence-electron chi connectivity index (χ2n) is 5.57. The van der Waals surface area contributed by atoms with Crippen molar-refractivity contribution in [1.82, 2.24) is 0 Å². The lowest BCUT2D eigenvalue weighted by Crippen LogP contribution is -2.21. The van der Waals surface area contributed by atoms with Gasteiger partial charge in [-0.05, 0) is 28.5 Å². The van der Waals surface area contributed by atoms with Crippen LogP contribution in [0.5, 0.6) is 5.75 Å². The van der Waals surface area contributed by atoms with Gasteiger partial charge in [0.1, 0.15) is 17.4 Å². The number of nitrogens with zero attached hydrogens (tertiary/aromatic N) is 1. The van der Waals surface area contributed by atoms with Crippen LogP contribution in [0.15, 0.2) is 78.2 Å². The fourth-order valence-electron chi connectivity index (χ4n) is 3.13. The Hall–Kier alpha value is -3.25. The maximum atomic E-state index is 9.56. The molecular formula is C20H14N2O. The molecule has 0 amide bonds. The third kappa shape index (κ3) is 2.13. The number of nitriles is 1. The van der Waals surface area contributed by atoms with Crippen molar-refractivity contribution in [3.63, 3.8) is 0 Å². The normalized spacial score (nSPS) is 16.6. The molecule has 3 heteroatoms. The molecule has 3 nitrogen and oxygen atoms in total. The topological polar surface area (TPSA) is 59.0 Å². The Bertz CT molecular complexity index is 968. The molecule has 23 heavy (non-hydrogen) atoms. The molecule has 0 saturated carbocycles. The summed E-state index contributed by atoms with van der Waals surface area (Å²) in [6, 6.07) is 24.3. The molecule has 0 bridgehead atoms. The van der Waals surface area contributed by atoms with Crippen molar-refractivity contribution in [2.24, 2.45) is 5.73 Å². The van der Waals surface area contributed by atoms with Gasteiger partial charge in [0.2, 0.25) is 5.88 Å². The molecule has 1 aliphatic rings. The van der Waals surface area contributed by atoms with Gasteiger partial charge >= 0.3 is 0 Å². The first-order chi connectivity index (χ1) is 11.3. The standard InChI is InChI=1S/C20H14N2O/c21-12-17-19(13-6-2-1-3-7-13)16-10-14-8-4-5-9-15(14)11-18(16)23-20(17)22/h1-11,19H,22H2/t19-/m1/s1. The first-order valence-electron chi connectivity index (χ1n) is 7.43. The number of hydrogen-bond acceptors (Lipinski definition) is 3. The van der Waals surface area contributed by atoms with Crippen LogP contribution in [0.4, 0.5) is 0 Å². The molecule has 1 aliphatic heterocycles. The second kappa shape index (κ2) is 5.19. The average Bonchev–Trinajstić information content (AvgIpc) is 2.59. The van der Waals surface area contributed by atoms with Crippen LogP contribution in [0.3, 0.4) is 0 Å². The fourth-order valence-corrected chi connectivity index (χ4v) is 3.13. The van der Waals surface area contributed by atoms with E-state index in [1.165, 1.54) is 0 Å². The van der Waals surface area contributed by atoms with Gasteiger partial charge in [0.05, 0.1) is 5.92 Å². The molecule has 3 aromatic carbocycles. The van der Waals surface area contributed by atoms with Crippen LogP contribution in [0.2, 0.25) is 0 Å². The maximum Gasteiger partial charge on any atom is 0.205 e. The van der Waals surface area contributed by atoms with Crippen molar-refractivity contribution >= 4 is 10.8 Å². The van der Waals surface area contributed by atoms with Crippen molar-refractivity contribution in [2.75, 3.05) is 0 Å². The summed E-state index contributed by atoms with van der Waals surface area (Å²) in [6.45, 7) is 0.